The Morgan fingerprint density at radius 1 is 0.412 bits per heavy atom. The number of para-hydroxylation sites is 3. The van der Waals surface area contributed by atoms with Gasteiger partial charge in [-0.25, -0.2) is 0 Å². The zero-order valence-corrected chi connectivity index (χ0v) is 28.7. The highest BCUT2D eigenvalue weighted by atomic mass is 15.1. The van der Waals surface area contributed by atoms with Gasteiger partial charge in [-0.3, -0.25) is 0 Å². The van der Waals surface area contributed by atoms with Gasteiger partial charge >= 0.3 is 0 Å². The van der Waals surface area contributed by atoms with Crippen molar-refractivity contribution in [3.63, 3.8) is 0 Å². The molecule has 0 fully saturated rings. The Balaban J connectivity index is 1.20. The number of rotatable bonds is 5. The summed E-state index contributed by atoms with van der Waals surface area (Å²) in [6, 6.07) is 66.5. The van der Waals surface area contributed by atoms with E-state index in [2.05, 4.69) is 205 Å². The van der Waals surface area contributed by atoms with Crippen molar-refractivity contribution in [3.8, 4) is 27.9 Å². The molecule has 0 N–H and O–H groups in total. The van der Waals surface area contributed by atoms with Gasteiger partial charge in [-0.2, -0.15) is 0 Å². The molecule has 0 unspecified atom stereocenters. The first-order chi connectivity index (χ1) is 25.1. The number of fused-ring (bicyclic) bond motifs is 7. The fourth-order valence-corrected chi connectivity index (χ4v) is 8.65. The summed E-state index contributed by atoms with van der Waals surface area (Å²) >= 11 is 0. The van der Waals surface area contributed by atoms with E-state index in [9.17, 15) is 0 Å². The minimum atomic E-state index is -0.0515. The van der Waals surface area contributed by atoms with Crippen LogP contribution in [0.4, 0.5) is 17.1 Å². The monoisotopic (exact) mass is 652 g/mol. The first-order valence-electron chi connectivity index (χ1n) is 17.8. The van der Waals surface area contributed by atoms with Crippen molar-refractivity contribution >= 4 is 49.6 Å². The second-order valence-electron chi connectivity index (χ2n) is 14.1. The molecule has 8 aromatic carbocycles. The van der Waals surface area contributed by atoms with Gasteiger partial charge in [-0.15, -0.1) is 0 Å². The predicted octanol–water partition coefficient (Wildman–Crippen LogP) is 13.4. The van der Waals surface area contributed by atoms with Crippen molar-refractivity contribution in [2.45, 2.75) is 19.3 Å². The predicted molar refractivity (Wildman–Crippen MR) is 216 cm³/mol. The van der Waals surface area contributed by atoms with Crippen molar-refractivity contribution in [2.75, 3.05) is 4.90 Å². The second kappa shape index (κ2) is 11.3. The molecule has 0 saturated carbocycles. The highest BCUT2D eigenvalue weighted by Gasteiger charge is 2.36. The lowest BCUT2D eigenvalue weighted by atomic mass is 9.82. The minimum Gasteiger partial charge on any atom is -0.310 e. The van der Waals surface area contributed by atoms with Gasteiger partial charge in [-0.05, 0) is 93.4 Å². The first kappa shape index (κ1) is 29.5. The van der Waals surface area contributed by atoms with Crippen LogP contribution in [0.3, 0.4) is 0 Å². The summed E-state index contributed by atoms with van der Waals surface area (Å²) < 4.78 is 2.38. The molecule has 0 radical (unpaired) electrons. The first-order valence-corrected chi connectivity index (χ1v) is 17.8. The fourth-order valence-electron chi connectivity index (χ4n) is 8.65. The van der Waals surface area contributed by atoms with Crippen LogP contribution < -0.4 is 4.90 Å². The maximum absolute atomic E-state index is 2.42. The average molecular weight is 653 g/mol. The molecule has 1 aromatic heterocycles. The van der Waals surface area contributed by atoms with Crippen LogP contribution in [0.15, 0.2) is 182 Å². The lowest BCUT2D eigenvalue weighted by molar-refractivity contribution is 0.660. The van der Waals surface area contributed by atoms with Crippen LogP contribution >= 0.6 is 0 Å². The summed E-state index contributed by atoms with van der Waals surface area (Å²) in [6.07, 6.45) is 0. The molecule has 10 rings (SSSR count). The van der Waals surface area contributed by atoms with Crippen LogP contribution in [0.25, 0.3) is 60.5 Å². The van der Waals surface area contributed by atoms with Gasteiger partial charge in [0.25, 0.3) is 0 Å². The van der Waals surface area contributed by atoms with Crippen molar-refractivity contribution in [1.29, 1.82) is 0 Å². The van der Waals surface area contributed by atoms with Crippen LogP contribution in [0.1, 0.15) is 25.0 Å². The number of aromatic nitrogens is 1. The molecular weight excluding hydrogens is 617 g/mol. The van der Waals surface area contributed by atoms with E-state index in [1.165, 1.54) is 66.0 Å². The molecule has 0 spiro atoms. The van der Waals surface area contributed by atoms with Crippen molar-refractivity contribution < 1.29 is 0 Å². The van der Waals surface area contributed by atoms with Gasteiger partial charge in [0.05, 0.1) is 16.7 Å². The largest absolute Gasteiger partial charge is 0.310 e. The quantitative estimate of drug-likeness (QED) is 0.180. The summed E-state index contributed by atoms with van der Waals surface area (Å²) in [5.41, 5.74) is 14.9. The van der Waals surface area contributed by atoms with E-state index < -0.39 is 0 Å². The summed E-state index contributed by atoms with van der Waals surface area (Å²) in [6.45, 7) is 4.71. The van der Waals surface area contributed by atoms with Gasteiger partial charge in [-0.1, -0.05) is 141 Å². The van der Waals surface area contributed by atoms with Crippen LogP contribution in [0.2, 0.25) is 0 Å². The van der Waals surface area contributed by atoms with Gasteiger partial charge in [0, 0.05) is 38.6 Å². The van der Waals surface area contributed by atoms with E-state index in [-0.39, 0.29) is 5.41 Å². The molecule has 2 heteroatoms. The molecule has 0 aliphatic heterocycles. The Labute approximate surface area is 298 Å². The Morgan fingerprint density at radius 2 is 1.04 bits per heavy atom. The molecule has 51 heavy (non-hydrogen) atoms. The highest BCUT2D eigenvalue weighted by Crippen LogP contribution is 2.53. The van der Waals surface area contributed by atoms with E-state index >= 15 is 0 Å². The third-order valence-corrected chi connectivity index (χ3v) is 11.0. The number of hydrogen-bond donors (Lipinski definition) is 0. The van der Waals surface area contributed by atoms with E-state index in [0.717, 1.165) is 22.7 Å². The van der Waals surface area contributed by atoms with Crippen LogP contribution in [0, 0.1) is 0 Å². The molecule has 242 valence electrons. The maximum atomic E-state index is 2.42. The standard InChI is InChI=1S/C49H36N2/c1-49(2)43-25-13-11-23-41(43)48-40(24-15-26-44(48)49)37-29-31-46(38-21-10-9-20-36(37)38)50(33-16-5-3-6-17-33)35-28-30-47-42(32-35)39-22-12-14-27-45(39)51(47)34-18-7-4-8-19-34/h3-32H,1-2H3. The number of benzene rings is 8. The van der Waals surface area contributed by atoms with Gasteiger partial charge < -0.3 is 9.47 Å². The molecular formula is C49H36N2. The highest BCUT2D eigenvalue weighted by molar-refractivity contribution is 6.12. The number of hydrogen-bond acceptors (Lipinski definition) is 1. The number of anilines is 3. The van der Waals surface area contributed by atoms with Gasteiger partial charge in [0.1, 0.15) is 0 Å². The van der Waals surface area contributed by atoms with Crippen molar-refractivity contribution in [2.24, 2.45) is 0 Å². The maximum Gasteiger partial charge on any atom is 0.0542 e. The van der Waals surface area contributed by atoms with Gasteiger partial charge in [0.15, 0.2) is 0 Å². The molecule has 1 aliphatic carbocycles. The van der Waals surface area contributed by atoms with Crippen molar-refractivity contribution in [1.82, 2.24) is 4.57 Å². The van der Waals surface area contributed by atoms with Crippen LogP contribution in [-0.4, -0.2) is 4.57 Å². The lowest BCUT2D eigenvalue weighted by Gasteiger charge is -2.28. The zero-order valence-electron chi connectivity index (χ0n) is 28.7. The SMILES string of the molecule is CC1(C)c2ccccc2-c2c(-c3ccc(N(c4ccccc4)c4ccc5c(c4)c4ccccc4n5-c4ccccc4)c4ccccc34)cccc21. The van der Waals surface area contributed by atoms with Crippen molar-refractivity contribution in [3.05, 3.63) is 193 Å². The number of nitrogens with zero attached hydrogens (tertiary/aromatic N) is 2. The van der Waals surface area contributed by atoms with E-state index in [4.69, 9.17) is 0 Å². The van der Waals surface area contributed by atoms with E-state index in [0.29, 0.717) is 0 Å². The molecule has 1 aliphatic rings. The molecule has 0 atom stereocenters. The molecule has 1 heterocycles. The average Bonchev–Trinajstić information content (AvgIpc) is 3.64. The molecule has 9 aromatic rings. The normalized spacial score (nSPS) is 13.1. The minimum absolute atomic E-state index is 0.0515. The molecule has 0 amide bonds. The summed E-state index contributed by atoms with van der Waals surface area (Å²) in [4.78, 5) is 2.42. The summed E-state index contributed by atoms with van der Waals surface area (Å²) in [7, 11) is 0. The molecule has 0 saturated heterocycles. The van der Waals surface area contributed by atoms with Gasteiger partial charge in [0.2, 0.25) is 0 Å². The third kappa shape index (κ3) is 4.43. The summed E-state index contributed by atoms with van der Waals surface area (Å²) in [5, 5.41) is 4.93. The Kier molecular flexibility index (Phi) is 6.56. The smallest absolute Gasteiger partial charge is 0.0542 e. The Bertz CT molecular complexity index is 2770. The van der Waals surface area contributed by atoms with Crippen LogP contribution in [-0.2, 0) is 5.41 Å². The topological polar surface area (TPSA) is 8.17 Å². The fraction of sp³-hybridized carbons (Fsp3) is 0.0612. The second-order valence-corrected chi connectivity index (χ2v) is 14.1. The van der Waals surface area contributed by atoms with Crippen LogP contribution in [0.5, 0.6) is 0 Å². The molecule has 2 nitrogen and oxygen atoms in total. The lowest BCUT2D eigenvalue weighted by Crippen LogP contribution is -2.14. The summed E-state index contributed by atoms with van der Waals surface area (Å²) in [5.74, 6) is 0. The van der Waals surface area contributed by atoms with E-state index in [1.807, 2.05) is 0 Å². The molecule has 0 bridgehead atoms. The Hall–Kier alpha value is -6.38. The third-order valence-electron chi connectivity index (χ3n) is 11.0. The Morgan fingerprint density at radius 3 is 1.86 bits per heavy atom. The zero-order chi connectivity index (χ0) is 34.1. The van der Waals surface area contributed by atoms with E-state index in [1.54, 1.807) is 0 Å².